The molecule has 1 aliphatic rings. The van der Waals surface area contributed by atoms with Crippen LogP contribution in [0.2, 0.25) is 0 Å². The second-order valence-corrected chi connectivity index (χ2v) is 5.21. The van der Waals surface area contributed by atoms with E-state index in [9.17, 15) is 5.11 Å². The Morgan fingerprint density at radius 3 is 2.81 bits per heavy atom. The Kier molecular flexibility index (Phi) is 3.04. The molecule has 1 saturated heterocycles. The third kappa shape index (κ3) is 2.00. The monoisotopic (exact) mass is 219 g/mol. The highest BCUT2D eigenvalue weighted by Crippen LogP contribution is 2.36. The predicted octanol–water partition coefficient (Wildman–Crippen LogP) is 2.15. The van der Waals surface area contributed by atoms with Crippen molar-refractivity contribution >= 4 is 0 Å². The molecule has 0 bridgehead atoms. The molecule has 0 saturated carbocycles. The number of hydrogen-bond acceptors (Lipinski definition) is 2. The highest BCUT2D eigenvalue weighted by Gasteiger charge is 2.39. The van der Waals surface area contributed by atoms with E-state index in [1.807, 2.05) is 6.07 Å². The van der Waals surface area contributed by atoms with E-state index >= 15 is 0 Å². The molecule has 0 radical (unpaired) electrons. The van der Waals surface area contributed by atoms with Crippen molar-refractivity contribution in [2.24, 2.45) is 5.92 Å². The Morgan fingerprint density at radius 1 is 1.44 bits per heavy atom. The van der Waals surface area contributed by atoms with Gasteiger partial charge in [-0.05, 0) is 26.0 Å². The number of benzene rings is 1. The average molecular weight is 219 g/mol. The molecule has 2 rings (SSSR count). The minimum absolute atomic E-state index is 0.285. The lowest BCUT2D eigenvalue weighted by Gasteiger charge is -2.42. The van der Waals surface area contributed by atoms with Gasteiger partial charge in [-0.15, -0.1) is 0 Å². The third-order valence-electron chi connectivity index (χ3n) is 3.79. The van der Waals surface area contributed by atoms with Gasteiger partial charge in [0.15, 0.2) is 0 Å². The summed E-state index contributed by atoms with van der Waals surface area (Å²) in [5, 5.41) is 10.8. The largest absolute Gasteiger partial charge is 0.385 e. The minimum Gasteiger partial charge on any atom is -0.385 e. The van der Waals surface area contributed by atoms with Crippen LogP contribution in [0.25, 0.3) is 0 Å². The van der Waals surface area contributed by atoms with Crippen molar-refractivity contribution in [3.8, 4) is 0 Å². The molecule has 2 nitrogen and oxygen atoms in total. The highest BCUT2D eigenvalue weighted by atomic mass is 16.3. The van der Waals surface area contributed by atoms with Gasteiger partial charge in [0.25, 0.3) is 0 Å². The lowest BCUT2D eigenvalue weighted by atomic mass is 9.77. The molecule has 1 aromatic rings. The maximum Gasteiger partial charge on any atom is 0.0946 e. The van der Waals surface area contributed by atoms with Gasteiger partial charge >= 0.3 is 0 Å². The van der Waals surface area contributed by atoms with E-state index in [4.69, 9.17) is 0 Å². The number of piperidine rings is 1. The molecule has 0 aliphatic carbocycles. The van der Waals surface area contributed by atoms with Gasteiger partial charge in [0.05, 0.1) is 5.60 Å². The van der Waals surface area contributed by atoms with Crippen LogP contribution in [0.5, 0.6) is 0 Å². The molecular formula is C14H21NO. The molecule has 2 atom stereocenters. The van der Waals surface area contributed by atoms with Crippen molar-refractivity contribution in [1.82, 2.24) is 4.90 Å². The predicted molar refractivity (Wildman–Crippen MR) is 66.4 cm³/mol. The minimum atomic E-state index is -0.640. The summed E-state index contributed by atoms with van der Waals surface area (Å²) in [5.74, 6) is 0.285. The van der Waals surface area contributed by atoms with Crippen LogP contribution in [0.4, 0.5) is 0 Å². The maximum atomic E-state index is 10.8. The first-order valence-corrected chi connectivity index (χ1v) is 6.00. The van der Waals surface area contributed by atoms with Crippen molar-refractivity contribution in [3.05, 3.63) is 35.4 Å². The summed E-state index contributed by atoms with van der Waals surface area (Å²) in [5.41, 5.74) is 1.66. The van der Waals surface area contributed by atoms with E-state index in [0.29, 0.717) is 0 Å². The Balaban J connectivity index is 2.31. The van der Waals surface area contributed by atoms with Gasteiger partial charge in [0, 0.05) is 19.0 Å². The molecule has 0 amide bonds. The zero-order valence-electron chi connectivity index (χ0n) is 10.4. The molecule has 88 valence electrons. The number of aliphatic hydroxyl groups is 1. The third-order valence-corrected chi connectivity index (χ3v) is 3.79. The summed E-state index contributed by atoms with van der Waals surface area (Å²) in [7, 11) is 2.12. The Hall–Kier alpha value is -0.860. The summed E-state index contributed by atoms with van der Waals surface area (Å²) < 4.78 is 0. The second-order valence-electron chi connectivity index (χ2n) is 5.21. The maximum absolute atomic E-state index is 10.8. The Labute approximate surface area is 97.9 Å². The summed E-state index contributed by atoms with van der Waals surface area (Å²) in [6, 6.07) is 8.27. The van der Waals surface area contributed by atoms with E-state index in [1.54, 1.807) is 0 Å². The van der Waals surface area contributed by atoms with Gasteiger partial charge in [-0.2, -0.15) is 0 Å². The molecule has 0 aromatic heterocycles. The lowest BCUT2D eigenvalue weighted by molar-refractivity contribution is -0.0660. The Bertz CT molecular complexity index is 377. The Morgan fingerprint density at radius 2 is 2.19 bits per heavy atom. The summed E-state index contributed by atoms with van der Waals surface area (Å²) in [6.07, 6.45) is 0.827. The fourth-order valence-corrected chi connectivity index (χ4v) is 2.66. The molecule has 1 heterocycles. The molecule has 0 spiro atoms. The molecular weight excluding hydrogens is 198 g/mol. The van der Waals surface area contributed by atoms with Crippen molar-refractivity contribution in [1.29, 1.82) is 0 Å². The standard InChI is InChI=1S/C14H21NO/c1-11-5-4-6-13(9-11)14(16)7-8-15(3)10-12(14)2/h4-6,9,12,16H,7-8,10H2,1-3H3/t12-,14+/m0/s1. The number of aryl methyl sites for hydroxylation is 1. The van der Waals surface area contributed by atoms with Gasteiger partial charge in [-0.1, -0.05) is 36.8 Å². The molecule has 16 heavy (non-hydrogen) atoms. The SMILES string of the molecule is Cc1cccc([C@@]2(O)CCN(C)C[C@@H]2C)c1. The smallest absolute Gasteiger partial charge is 0.0946 e. The van der Waals surface area contributed by atoms with E-state index in [-0.39, 0.29) is 5.92 Å². The summed E-state index contributed by atoms with van der Waals surface area (Å²) >= 11 is 0. The highest BCUT2D eigenvalue weighted by molar-refractivity contribution is 5.28. The first kappa shape index (κ1) is 11.6. The zero-order chi connectivity index (χ0) is 11.8. The van der Waals surface area contributed by atoms with Gasteiger partial charge in [-0.25, -0.2) is 0 Å². The second kappa shape index (κ2) is 4.19. The molecule has 1 aromatic carbocycles. The zero-order valence-corrected chi connectivity index (χ0v) is 10.4. The van der Waals surface area contributed by atoms with Gasteiger partial charge in [-0.3, -0.25) is 0 Å². The number of nitrogens with zero attached hydrogens (tertiary/aromatic N) is 1. The lowest BCUT2D eigenvalue weighted by Crippen LogP contribution is -2.47. The van der Waals surface area contributed by atoms with Gasteiger partial charge in [0.2, 0.25) is 0 Å². The van der Waals surface area contributed by atoms with Crippen LogP contribution in [0, 0.1) is 12.8 Å². The normalized spacial score (nSPS) is 31.6. The van der Waals surface area contributed by atoms with Crippen LogP contribution in [-0.2, 0) is 5.60 Å². The van der Waals surface area contributed by atoms with E-state index in [0.717, 1.165) is 25.1 Å². The van der Waals surface area contributed by atoms with Crippen molar-refractivity contribution < 1.29 is 5.11 Å². The number of hydrogen-bond donors (Lipinski definition) is 1. The molecule has 2 heteroatoms. The van der Waals surface area contributed by atoms with Gasteiger partial charge < -0.3 is 10.0 Å². The van der Waals surface area contributed by atoms with Gasteiger partial charge in [0.1, 0.15) is 0 Å². The molecule has 1 N–H and O–H groups in total. The van der Waals surface area contributed by atoms with Crippen molar-refractivity contribution in [3.63, 3.8) is 0 Å². The van der Waals surface area contributed by atoms with E-state index in [1.165, 1.54) is 5.56 Å². The fourth-order valence-electron chi connectivity index (χ4n) is 2.66. The van der Waals surface area contributed by atoms with Crippen molar-refractivity contribution in [2.75, 3.05) is 20.1 Å². The first-order chi connectivity index (χ1) is 7.52. The number of likely N-dealkylation sites (tertiary alicyclic amines) is 1. The van der Waals surface area contributed by atoms with Crippen LogP contribution in [-0.4, -0.2) is 30.1 Å². The van der Waals surface area contributed by atoms with Crippen LogP contribution >= 0.6 is 0 Å². The average Bonchev–Trinajstić information content (AvgIpc) is 2.24. The summed E-state index contributed by atoms with van der Waals surface area (Å²) in [6.45, 7) is 6.14. The van der Waals surface area contributed by atoms with Crippen molar-refractivity contribution in [2.45, 2.75) is 25.9 Å². The molecule has 1 aliphatic heterocycles. The first-order valence-electron chi connectivity index (χ1n) is 6.00. The fraction of sp³-hybridized carbons (Fsp3) is 0.571. The van der Waals surface area contributed by atoms with Crippen LogP contribution in [0.3, 0.4) is 0 Å². The number of rotatable bonds is 1. The van der Waals surface area contributed by atoms with Crippen LogP contribution in [0.15, 0.2) is 24.3 Å². The quantitative estimate of drug-likeness (QED) is 0.782. The van der Waals surface area contributed by atoms with Crippen LogP contribution in [0.1, 0.15) is 24.5 Å². The molecule has 1 fully saturated rings. The van der Waals surface area contributed by atoms with E-state index < -0.39 is 5.60 Å². The molecule has 0 unspecified atom stereocenters. The van der Waals surface area contributed by atoms with Crippen LogP contribution < -0.4 is 0 Å². The topological polar surface area (TPSA) is 23.5 Å². The summed E-state index contributed by atoms with van der Waals surface area (Å²) in [4.78, 5) is 2.29. The van der Waals surface area contributed by atoms with E-state index in [2.05, 4.69) is 44.0 Å².